The lowest BCUT2D eigenvalue weighted by atomic mass is 9.82. The average molecular weight is 435 g/mol. The lowest BCUT2D eigenvalue weighted by molar-refractivity contribution is 0.170. The molecule has 1 aromatic heterocycles. The fourth-order valence-corrected chi connectivity index (χ4v) is 4.60. The maximum atomic E-state index is 6.09. The van der Waals surface area contributed by atoms with Gasteiger partial charge in [0.15, 0.2) is 5.82 Å². The van der Waals surface area contributed by atoms with Crippen molar-refractivity contribution >= 4 is 11.6 Å². The van der Waals surface area contributed by atoms with Crippen molar-refractivity contribution in [3.8, 4) is 11.4 Å². The van der Waals surface area contributed by atoms with Crippen molar-refractivity contribution in [1.82, 2.24) is 14.9 Å². The number of benzene rings is 2. The van der Waals surface area contributed by atoms with E-state index in [2.05, 4.69) is 27.0 Å². The van der Waals surface area contributed by atoms with Crippen LogP contribution in [0, 0.1) is 11.8 Å². The Morgan fingerprint density at radius 3 is 2.06 bits per heavy atom. The zero-order valence-corrected chi connectivity index (χ0v) is 18.7. The molecule has 0 aliphatic heterocycles. The number of hydrogen-bond donors (Lipinski definition) is 1. The first-order valence-corrected chi connectivity index (χ1v) is 11.6. The van der Waals surface area contributed by atoms with Gasteiger partial charge in [-0.2, -0.15) is 0 Å². The molecule has 5 heteroatoms. The molecule has 1 heterocycles. The minimum absolute atomic E-state index is 0.708. The van der Waals surface area contributed by atoms with Gasteiger partial charge in [0.25, 0.3) is 0 Å². The summed E-state index contributed by atoms with van der Waals surface area (Å²) in [6.45, 7) is 3.65. The van der Waals surface area contributed by atoms with E-state index in [4.69, 9.17) is 17.3 Å². The van der Waals surface area contributed by atoms with E-state index in [1.807, 2.05) is 54.9 Å². The minimum Gasteiger partial charge on any atom is -0.330 e. The number of aromatic nitrogens is 2. The van der Waals surface area contributed by atoms with Crippen LogP contribution in [-0.2, 0) is 13.1 Å². The number of rotatable bonds is 8. The molecule has 0 unspecified atom stereocenters. The highest BCUT2D eigenvalue weighted by Gasteiger charge is 2.22. The fourth-order valence-electron chi connectivity index (χ4n) is 4.48. The highest BCUT2D eigenvalue weighted by atomic mass is 35.5. The Hall–Kier alpha value is -2.27. The van der Waals surface area contributed by atoms with Crippen LogP contribution in [0.15, 0.2) is 67.0 Å². The third-order valence-electron chi connectivity index (χ3n) is 6.28. The molecule has 1 fully saturated rings. The Kier molecular flexibility index (Phi) is 7.68. The van der Waals surface area contributed by atoms with Gasteiger partial charge < -0.3 is 5.73 Å². The van der Waals surface area contributed by atoms with E-state index in [0.717, 1.165) is 54.1 Å². The Morgan fingerprint density at radius 1 is 0.806 bits per heavy atom. The summed E-state index contributed by atoms with van der Waals surface area (Å²) in [7, 11) is 0. The van der Waals surface area contributed by atoms with Gasteiger partial charge in [0.05, 0.1) is 0 Å². The second kappa shape index (κ2) is 10.9. The second-order valence-corrected chi connectivity index (χ2v) is 9.14. The predicted molar refractivity (Wildman–Crippen MR) is 128 cm³/mol. The molecule has 0 amide bonds. The predicted octanol–water partition coefficient (Wildman–Crippen LogP) is 5.56. The maximum Gasteiger partial charge on any atom is 0.159 e. The summed E-state index contributed by atoms with van der Waals surface area (Å²) < 4.78 is 0. The quantitative estimate of drug-likeness (QED) is 0.504. The summed E-state index contributed by atoms with van der Waals surface area (Å²) in [5.41, 5.74) is 9.35. The van der Waals surface area contributed by atoms with E-state index >= 15 is 0 Å². The molecule has 1 aliphatic rings. The number of nitrogens with two attached hydrogens (primary N) is 1. The molecule has 4 rings (SSSR count). The standard InChI is InChI=1S/C26H31ClN4/c27-25-12-10-22(11-13-25)18-31(17-21-8-6-20(14-28)7-9-21)19-23-15-29-26(30-16-23)24-4-2-1-3-5-24/h1-5,10-13,15-16,20-21H,6-9,14,17-19,28H2. The first kappa shape index (κ1) is 21.9. The van der Waals surface area contributed by atoms with Crippen LogP contribution in [0.4, 0.5) is 0 Å². The molecule has 0 atom stereocenters. The van der Waals surface area contributed by atoms with Crippen molar-refractivity contribution in [2.24, 2.45) is 17.6 Å². The van der Waals surface area contributed by atoms with Gasteiger partial charge in [0, 0.05) is 48.2 Å². The van der Waals surface area contributed by atoms with Crippen LogP contribution in [0.3, 0.4) is 0 Å². The summed E-state index contributed by atoms with van der Waals surface area (Å²) in [4.78, 5) is 11.8. The van der Waals surface area contributed by atoms with Gasteiger partial charge in [-0.15, -0.1) is 0 Å². The van der Waals surface area contributed by atoms with Crippen molar-refractivity contribution in [1.29, 1.82) is 0 Å². The number of nitrogens with zero attached hydrogens (tertiary/aromatic N) is 3. The minimum atomic E-state index is 0.708. The topological polar surface area (TPSA) is 55.0 Å². The fraction of sp³-hybridized carbons (Fsp3) is 0.385. The van der Waals surface area contributed by atoms with Crippen molar-refractivity contribution in [3.05, 3.63) is 83.1 Å². The van der Waals surface area contributed by atoms with Crippen LogP contribution < -0.4 is 5.73 Å². The largest absolute Gasteiger partial charge is 0.330 e. The molecule has 0 saturated heterocycles. The van der Waals surface area contributed by atoms with Gasteiger partial charge >= 0.3 is 0 Å². The van der Waals surface area contributed by atoms with Crippen molar-refractivity contribution < 1.29 is 0 Å². The summed E-state index contributed by atoms with van der Waals surface area (Å²) in [5, 5.41) is 0.778. The van der Waals surface area contributed by atoms with Crippen molar-refractivity contribution in [2.75, 3.05) is 13.1 Å². The summed E-state index contributed by atoms with van der Waals surface area (Å²) in [5.74, 6) is 2.20. The highest BCUT2D eigenvalue weighted by molar-refractivity contribution is 6.30. The monoisotopic (exact) mass is 434 g/mol. The van der Waals surface area contributed by atoms with E-state index in [1.165, 1.54) is 31.2 Å². The molecular formula is C26H31ClN4. The third kappa shape index (κ3) is 6.36. The normalized spacial score (nSPS) is 18.9. The summed E-state index contributed by atoms with van der Waals surface area (Å²) in [6.07, 6.45) is 8.98. The van der Waals surface area contributed by atoms with Gasteiger partial charge in [-0.25, -0.2) is 9.97 Å². The van der Waals surface area contributed by atoms with Crippen LogP contribution >= 0.6 is 11.6 Å². The van der Waals surface area contributed by atoms with Gasteiger partial charge in [-0.3, -0.25) is 4.90 Å². The zero-order valence-electron chi connectivity index (χ0n) is 18.0. The molecule has 1 saturated carbocycles. The highest BCUT2D eigenvalue weighted by Crippen LogP contribution is 2.29. The molecule has 0 spiro atoms. The lowest BCUT2D eigenvalue weighted by Gasteiger charge is -2.32. The van der Waals surface area contributed by atoms with E-state index in [9.17, 15) is 0 Å². The van der Waals surface area contributed by atoms with Gasteiger partial charge in [-0.05, 0) is 61.8 Å². The van der Waals surface area contributed by atoms with Gasteiger partial charge in [0.2, 0.25) is 0 Å². The SMILES string of the molecule is NCC1CCC(CN(Cc2ccc(Cl)cc2)Cc2cnc(-c3ccccc3)nc2)CC1. The van der Waals surface area contributed by atoms with Gasteiger partial charge in [0.1, 0.15) is 0 Å². The molecule has 1 aliphatic carbocycles. The van der Waals surface area contributed by atoms with E-state index in [1.54, 1.807) is 0 Å². The Morgan fingerprint density at radius 2 is 1.42 bits per heavy atom. The molecule has 3 aromatic rings. The molecule has 0 radical (unpaired) electrons. The van der Waals surface area contributed by atoms with Crippen LogP contribution in [-0.4, -0.2) is 28.0 Å². The van der Waals surface area contributed by atoms with Gasteiger partial charge in [-0.1, -0.05) is 54.1 Å². The Labute approximate surface area is 190 Å². The summed E-state index contributed by atoms with van der Waals surface area (Å²) in [6, 6.07) is 18.3. The average Bonchev–Trinajstić information content (AvgIpc) is 2.82. The van der Waals surface area contributed by atoms with Crippen molar-refractivity contribution in [3.63, 3.8) is 0 Å². The third-order valence-corrected chi connectivity index (χ3v) is 6.53. The zero-order chi connectivity index (χ0) is 21.5. The molecule has 2 N–H and O–H groups in total. The van der Waals surface area contributed by atoms with Crippen LogP contribution in [0.2, 0.25) is 5.02 Å². The van der Waals surface area contributed by atoms with E-state index < -0.39 is 0 Å². The molecular weight excluding hydrogens is 404 g/mol. The molecule has 31 heavy (non-hydrogen) atoms. The molecule has 0 bridgehead atoms. The smallest absolute Gasteiger partial charge is 0.159 e. The molecule has 162 valence electrons. The second-order valence-electron chi connectivity index (χ2n) is 8.70. The first-order chi connectivity index (χ1) is 15.2. The van der Waals surface area contributed by atoms with E-state index in [0.29, 0.717) is 5.92 Å². The molecule has 2 aromatic carbocycles. The Balaban J connectivity index is 1.45. The molecule has 4 nitrogen and oxygen atoms in total. The van der Waals surface area contributed by atoms with E-state index in [-0.39, 0.29) is 0 Å². The lowest BCUT2D eigenvalue weighted by Crippen LogP contribution is -2.32. The first-order valence-electron chi connectivity index (χ1n) is 11.2. The number of hydrogen-bond acceptors (Lipinski definition) is 4. The number of halogens is 1. The maximum absolute atomic E-state index is 6.09. The van der Waals surface area contributed by atoms with Crippen LogP contribution in [0.5, 0.6) is 0 Å². The van der Waals surface area contributed by atoms with Crippen LogP contribution in [0.1, 0.15) is 36.8 Å². The van der Waals surface area contributed by atoms with Crippen molar-refractivity contribution in [2.45, 2.75) is 38.8 Å². The Bertz CT molecular complexity index is 920. The van der Waals surface area contributed by atoms with Crippen LogP contribution in [0.25, 0.3) is 11.4 Å². The summed E-state index contributed by atoms with van der Waals surface area (Å²) >= 11 is 6.09.